The van der Waals surface area contributed by atoms with Gasteiger partial charge in [-0.1, -0.05) is 19.8 Å². The van der Waals surface area contributed by atoms with Gasteiger partial charge in [0.15, 0.2) is 0 Å². The molecule has 0 saturated carbocycles. The molecule has 60 valence electrons. The van der Waals surface area contributed by atoms with Crippen LogP contribution in [0.4, 0.5) is 0 Å². The van der Waals surface area contributed by atoms with E-state index in [9.17, 15) is 0 Å². The van der Waals surface area contributed by atoms with Gasteiger partial charge in [-0.15, -0.1) is 0 Å². The third-order valence-corrected chi connectivity index (χ3v) is 2.02. The third-order valence-electron chi connectivity index (χ3n) is 2.02. The van der Waals surface area contributed by atoms with Crippen molar-refractivity contribution in [2.24, 2.45) is 0 Å². The first-order valence-corrected chi connectivity index (χ1v) is 4.13. The highest BCUT2D eigenvalue weighted by Gasteiger charge is 2.34. The Hall–Kier alpha value is -0.0800. The van der Waals surface area contributed by atoms with Gasteiger partial charge in [-0.3, -0.25) is 0 Å². The molecule has 0 spiro atoms. The van der Waals surface area contributed by atoms with Crippen molar-refractivity contribution in [1.82, 2.24) is 5.32 Å². The van der Waals surface area contributed by atoms with E-state index >= 15 is 0 Å². The topological polar surface area (TPSA) is 31.2 Å². The summed E-state index contributed by atoms with van der Waals surface area (Å²) in [6, 6.07) is 1.43. The van der Waals surface area contributed by atoms with Gasteiger partial charge in [0.25, 0.3) is 0 Å². The summed E-state index contributed by atoms with van der Waals surface area (Å²) in [6.07, 6.45) is 3.97. The molecule has 0 amide bonds. The highest BCUT2D eigenvalue weighted by molar-refractivity contribution is 4.97. The first-order chi connectivity index (χ1) is 4.88. The largest absolute Gasteiger partial charge is 0.383 e. The molecular weight excluding hydrogens is 126 g/mol. The van der Waals surface area contributed by atoms with Gasteiger partial charge in [-0.2, -0.15) is 0 Å². The zero-order chi connectivity index (χ0) is 7.40. The summed E-state index contributed by atoms with van der Waals surface area (Å²) < 4.78 is 5.01. The number of ether oxygens (including phenoxy) is 1. The molecule has 1 aliphatic heterocycles. The van der Waals surface area contributed by atoms with Crippen LogP contribution in [0.1, 0.15) is 26.2 Å². The summed E-state index contributed by atoms with van der Waals surface area (Å²) in [4.78, 5) is 0. The van der Waals surface area contributed by atoms with Gasteiger partial charge in [0.1, 0.15) is 0 Å². The number of nitrogens with one attached hydrogen (secondary N) is 1. The van der Waals surface area contributed by atoms with Crippen molar-refractivity contribution in [3.05, 3.63) is 0 Å². The quantitative estimate of drug-likeness (QED) is 0.586. The van der Waals surface area contributed by atoms with Crippen molar-refractivity contribution in [1.29, 1.82) is 0 Å². The summed E-state index contributed by atoms with van der Waals surface area (Å²) in [5, 5.41) is 3.38. The lowest BCUT2D eigenvalue weighted by molar-refractivity contribution is 0.198. The maximum absolute atomic E-state index is 5.01. The molecular formula is C8H17NO. The molecule has 2 atom stereocenters. The fraction of sp³-hybridized carbons (Fsp3) is 1.00. The zero-order valence-corrected chi connectivity index (χ0v) is 6.89. The maximum atomic E-state index is 5.01. The summed E-state index contributed by atoms with van der Waals surface area (Å²) in [5.41, 5.74) is 0. The Morgan fingerprint density at radius 3 is 2.80 bits per heavy atom. The van der Waals surface area contributed by atoms with Crippen LogP contribution in [0.15, 0.2) is 0 Å². The molecule has 0 radical (unpaired) electrons. The van der Waals surface area contributed by atoms with E-state index in [1.165, 1.54) is 19.3 Å². The van der Waals surface area contributed by atoms with Gasteiger partial charge in [-0.25, -0.2) is 0 Å². The Labute approximate surface area is 63.0 Å². The first-order valence-electron chi connectivity index (χ1n) is 4.13. The molecule has 2 heteroatoms. The van der Waals surface area contributed by atoms with E-state index in [1.54, 1.807) is 7.11 Å². The Morgan fingerprint density at radius 2 is 2.20 bits per heavy atom. The summed E-state index contributed by atoms with van der Waals surface area (Å²) >= 11 is 0. The number of unbranched alkanes of at least 4 members (excludes halogenated alkanes) is 1. The molecule has 1 heterocycles. The van der Waals surface area contributed by atoms with Crippen LogP contribution in [0.5, 0.6) is 0 Å². The van der Waals surface area contributed by atoms with E-state index in [-0.39, 0.29) is 0 Å². The molecule has 1 N–H and O–H groups in total. The van der Waals surface area contributed by atoms with Crippen LogP contribution < -0.4 is 5.32 Å². The second-order valence-electron chi connectivity index (χ2n) is 2.98. The van der Waals surface area contributed by atoms with Gasteiger partial charge in [-0.05, 0) is 6.42 Å². The van der Waals surface area contributed by atoms with E-state index in [0.29, 0.717) is 6.04 Å². The van der Waals surface area contributed by atoms with Crippen LogP contribution in [-0.2, 0) is 4.74 Å². The lowest BCUT2D eigenvalue weighted by Gasteiger charge is -1.93. The fourth-order valence-electron chi connectivity index (χ4n) is 1.27. The Balaban J connectivity index is 1.92. The number of hydrogen-bond donors (Lipinski definition) is 1. The molecule has 0 bridgehead atoms. The minimum absolute atomic E-state index is 0.663. The summed E-state index contributed by atoms with van der Waals surface area (Å²) in [6.45, 7) is 3.11. The predicted molar refractivity (Wildman–Crippen MR) is 42.1 cm³/mol. The molecule has 1 fully saturated rings. The Morgan fingerprint density at radius 1 is 1.40 bits per heavy atom. The minimum Gasteiger partial charge on any atom is -0.383 e. The molecule has 0 aliphatic carbocycles. The molecule has 1 unspecified atom stereocenters. The van der Waals surface area contributed by atoms with Crippen LogP contribution in [0, 0.1) is 0 Å². The summed E-state index contributed by atoms with van der Waals surface area (Å²) in [5.74, 6) is 0. The van der Waals surface area contributed by atoms with Crippen LogP contribution in [0.3, 0.4) is 0 Å². The van der Waals surface area contributed by atoms with E-state index in [1.807, 2.05) is 0 Å². The van der Waals surface area contributed by atoms with Crippen molar-refractivity contribution < 1.29 is 4.74 Å². The Bertz CT molecular complexity index is 95.3. The monoisotopic (exact) mass is 143 g/mol. The van der Waals surface area contributed by atoms with E-state index in [0.717, 1.165) is 12.6 Å². The molecule has 0 aromatic carbocycles. The highest BCUT2D eigenvalue weighted by atomic mass is 16.5. The fourth-order valence-corrected chi connectivity index (χ4v) is 1.27. The first kappa shape index (κ1) is 8.02. The standard InChI is InChI=1S/C8H17NO/c1-3-4-5-7-8(9-7)6-10-2/h7-9H,3-6H2,1-2H3/t7?,8-/m0/s1. The molecule has 0 aromatic heterocycles. The van der Waals surface area contributed by atoms with E-state index in [4.69, 9.17) is 4.74 Å². The molecule has 0 aromatic rings. The second-order valence-corrected chi connectivity index (χ2v) is 2.98. The van der Waals surface area contributed by atoms with E-state index < -0.39 is 0 Å². The normalized spacial score (nSPS) is 30.6. The maximum Gasteiger partial charge on any atom is 0.0631 e. The second kappa shape index (κ2) is 3.94. The van der Waals surface area contributed by atoms with Gasteiger partial charge in [0.2, 0.25) is 0 Å². The third kappa shape index (κ3) is 2.27. The van der Waals surface area contributed by atoms with Crippen LogP contribution >= 0.6 is 0 Å². The number of methoxy groups -OCH3 is 1. The zero-order valence-electron chi connectivity index (χ0n) is 6.89. The Kier molecular flexibility index (Phi) is 3.16. The minimum atomic E-state index is 0.663. The summed E-state index contributed by atoms with van der Waals surface area (Å²) in [7, 11) is 1.76. The average molecular weight is 143 g/mol. The lowest BCUT2D eigenvalue weighted by atomic mass is 10.2. The van der Waals surface area contributed by atoms with Crippen LogP contribution in [0.2, 0.25) is 0 Å². The molecule has 1 aliphatic rings. The predicted octanol–water partition coefficient (Wildman–Crippen LogP) is 1.16. The van der Waals surface area contributed by atoms with Gasteiger partial charge in [0, 0.05) is 19.2 Å². The van der Waals surface area contributed by atoms with Gasteiger partial charge in [0.05, 0.1) is 6.61 Å². The lowest BCUT2D eigenvalue weighted by Crippen LogP contribution is -2.02. The van der Waals surface area contributed by atoms with Crippen molar-refractivity contribution in [3.8, 4) is 0 Å². The van der Waals surface area contributed by atoms with E-state index in [2.05, 4.69) is 12.2 Å². The highest BCUT2D eigenvalue weighted by Crippen LogP contribution is 2.17. The SMILES string of the molecule is CCCCC1N[C@H]1COC. The van der Waals surface area contributed by atoms with Crippen molar-refractivity contribution >= 4 is 0 Å². The van der Waals surface area contributed by atoms with Gasteiger partial charge >= 0.3 is 0 Å². The van der Waals surface area contributed by atoms with Crippen molar-refractivity contribution in [3.63, 3.8) is 0 Å². The van der Waals surface area contributed by atoms with Crippen molar-refractivity contribution in [2.45, 2.75) is 38.3 Å². The molecule has 1 rings (SSSR count). The molecule has 1 saturated heterocycles. The molecule has 10 heavy (non-hydrogen) atoms. The molecule has 2 nitrogen and oxygen atoms in total. The number of hydrogen-bond acceptors (Lipinski definition) is 2. The number of rotatable bonds is 5. The van der Waals surface area contributed by atoms with Gasteiger partial charge < -0.3 is 10.1 Å². The van der Waals surface area contributed by atoms with Crippen LogP contribution in [0.25, 0.3) is 0 Å². The average Bonchev–Trinajstić information content (AvgIpc) is 2.65. The smallest absolute Gasteiger partial charge is 0.0631 e. The van der Waals surface area contributed by atoms with Crippen molar-refractivity contribution in [2.75, 3.05) is 13.7 Å². The van der Waals surface area contributed by atoms with Crippen LogP contribution in [-0.4, -0.2) is 25.8 Å².